The fraction of sp³-hybridized carbons (Fsp3) is 0.400. The molecule has 0 radical (unpaired) electrons. The number of hydrogen-bond acceptors (Lipinski definition) is 1. The lowest BCUT2D eigenvalue weighted by Gasteiger charge is -2.08. The summed E-state index contributed by atoms with van der Waals surface area (Å²) in [5, 5.41) is 0. The van der Waals surface area contributed by atoms with E-state index in [1.807, 2.05) is 12.3 Å². The first-order chi connectivity index (χ1) is 8.81. The molecule has 94 valence electrons. The van der Waals surface area contributed by atoms with E-state index in [1.165, 1.54) is 30.5 Å². The third kappa shape index (κ3) is 2.03. The quantitative estimate of drug-likeness (QED) is 0.796. The summed E-state index contributed by atoms with van der Waals surface area (Å²) in [4.78, 5) is 3.20. The van der Waals surface area contributed by atoms with Crippen molar-refractivity contribution in [2.45, 2.75) is 32.2 Å². The molecular formula is C15H18N2S. The van der Waals surface area contributed by atoms with Crippen LogP contribution in [0.4, 0.5) is 0 Å². The Morgan fingerprint density at radius 2 is 2.11 bits per heavy atom. The van der Waals surface area contributed by atoms with Crippen molar-refractivity contribution in [3.8, 4) is 11.3 Å². The maximum atomic E-state index is 5.43. The second kappa shape index (κ2) is 4.73. The molecule has 1 aromatic carbocycles. The van der Waals surface area contributed by atoms with E-state index in [-0.39, 0.29) is 0 Å². The highest BCUT2D eigenvalue weighted by atomic mass is 32.1. The van der Waals surface area contributed by atoms with Gasteiger partial charge in [-0.15, -0.1) is 0 Å². The van der Waals surface area contributed by atoms with Crippen molar-refractivity contribution in [2.24, 2.45) is 5.92 Å². The number of nitrogens with one attached hydrogen (secondary N) is 1. The highest BCUT2D eigenvalue weighted by molar-refractivity contribution is 7.71. The Hall–Kier alpha value is -1.35. The summed E-state index contributed by atoms with van der Waals surface area (Å²) in [5.41, 5.74) is 2.47. The van der Waals surface area contributed by atoms with Gasteiger partial charge in [0.05, 0.1) is 5.69 Å². The summed E-state index contributed by atoms with van der Waals surface area (Å²) in [6.07, 6.45) is 5.89. The topological polar surface area (TPSA) is 20.7 Å². The smallest absolute Gasteiger partial charge is 0.177 e. The van der Waals surface area contributed by atoms with E-state index in [9.17, 15) is 0 Å². The normalized spacial score (nSPS) is 22.1. The molecule has 3 heteroatoms. The van der Waals surface area contributed by atoms with Crippen molar-refractivity contribution in [1.29, 1.82) is 0 Å². The van der Waals surface area contributed by atoms with Crippen LogP contribution in [-0.4, -0.2) is 9.55 Å². The van der Waals surface area contributed by atoms with Crippen molar-refractivity contribution in [1.82, 2.24) is 9.55 Å². The van der Waals surface area contributed by atoms with E-state index >= 15 is 0 Å². The standard InChI is InChI=1S/C15H18N2S/c1-2-6-12-9-13(12)17-14(10-16-15(17)18)11-7-4-3-5-8-11/h3-5,7-8,10,12-13H,2,6,9H2,1H3,(H,16,18). The van der Waals surface area contributed by atoms with E-state index in [0.717, 1.165) is 10.7 Å². The van der Waals surface area contributed by atoms with Crippen LogP contribution in [-0.2, 0) is 0 Å². The molecule has 18 heavy (non-hydrogen) atoms. The molecule has 2 atom stereocenters. The molecule has 1 fully saturated rings. The molecule has 0 spiro atoms. The number of aromatic nitrogens is 2. The molecule has 1 aromatic heterocycles. The molecular weight excluding hydrogens is 240 g/mol. The highest BCUT2D eigenvalue weighted by Gasteiger charge is 2.39. The average molecular weight is 258 g/mol. The number of nitrogens with zero attached hydrogens (tertiary/aromatic N) is 1. The van der Waals surface area contributed by atoms with Gasteiger partial charge in [-0.1, -0.05) is 43.7 Å². The van der Waals surface area contributed by atoms with Crippen molar-refractivity contribution in [2.75, 3.05) is 0 Å². The highest BCUT2D eigenvalue weighted by Crippen LogP contribution is 2.48. The van der Waals surface area contributed by atoms with Crippen LogP contribution in [0.15, 0.2) is 36.5 Å². The number of imidazole rings is 1. The Kier molecular flexibility index (Phi) is 3.08. The van der Waals surface area contributed by atoms with Crippen LogP contribution in [0, 0.1) is 10.7 Å². The van der Waals surface area contributed by atoms with E-state index in [1.54, 1.807) is 0 Å². The van der Waals surface area contributed by atoms with Gasteiger partial charge >= 0.3 is 0 Å². The minimum Gasteiger partial charge on any atom is -0.337 e. The molecule has 1 N–H and O–H groups in total. The van der Waals surface area contributed by atoms with Gasteiger partial charge in [-0.05, 0) is 36.5 Å². The summed E-state index contributed by atoms with van der Waals surface area (Å²) in [6, 6.07) is 11.1. The van der Waals surface area contributed by atoms with Crippen LogP contribution >= 0.6 is 12.2 Å². The zero-order valence-corrected chi connectivity index (χ0v) is 11.4. The summed E-state index contributed by atoms with van der Waals surface area (Å²) in [7, 11) is 0. The molecule has 1 heterocycles. The Bertz CT molecular complexity index is 582. The van der Waals surface area contributed by atoms with Gasteiger partial charge in [0.1, 0.15) is 0 Å². The lowest BCUT2D eigenvalue weighted by Crippen LogP contribution is -1.99. The first-order valence-electron chi connectivity index (χ1n) is 6.66. The van der Waals surface area contributed by atoms with E-state index in [2.05, 4.69) is 40.7 Å². The minimum absolute atomic E-state index is 0.610. The van der Waals surface area contributed by atoms with E-state index in [4.69, 9.17) is 12.2 Å². The number of aromatic amines is 1. The molecule has 0 bridgehead atoms. The van der Waals surface area contributed by atoms with Crippen LogP contribution < -0.4 is 0 Å². The van der Waals surface area contributed by atoms with Gasteiger partial charge in [-0.3, -0.25) is 0 Å². The molecule has 0 amide bonds. The summed E-state index contributed by atoms with van der Waals surface area (Å²) >= 11 is 5.43. The predicted molar refractivity (Wildman–Crippen MR) is 77.1 cm³/mol. The summed E-state index contributed by atoms with van der Waals surface area (Å²) in [6.45, 7) is 2.25. The van der Waals surface area contributed by atoms with Gasteiger partial charge in [0.15, 0.2) is 4.77 Å². The fourth-order valence-electron chi connectivity index (χ4n) is 2.77. The van der Waals surface area contributed by atoms with Crippen LogP contribution in [0.3, 0.4) is 0 Å². The van der Waals surface area contributed by atoms with E-state index in [0.29, 0.717) is 6.04 Å². The fourth-order valence-corrected chi connectivity index (χ4v) is 3.06. The van der Waals surface area contributed by atoms with Crippen molar-refractivity contribution in [3.63, 3.8) is 0 Å². The summed E-state index contributed by atoms with van der Waals surface area (Å²) < 4.78 is 3.17. The van der Waals surface area contributed by atoms with Gasteiger partial charge < -0.3 is 9.55 Å². The third-order valence-corrected chi connectivity index (χ3v) is 4.07. The second-order valence-corrected chi connectivity index (χ2v) is 5.45. The maximum Gasteiger partial charge on any atom is 0.177 e. The molecule has 1 saturated carbocycles. The lowest BCUT2D eigenvalue weighted by molar-refractivity contribution is 0.606. The molecule has 2 unspecified atom stereocenters. The van der Waals surface area contributed by atoms with Crippen molar-refractivity contribution < 1.29 is 0 Å². The predicted octanol–water partition coefficient (Wildman–Crippen LogP) is 4.57. The Balaban J connectivity index is 1.96. The summed E-state index contributed by atoms with van der Waals surface area (Å²) in [5.74, 6) is 0.819. The number of benzene rings is 1. The Morgan fingerprint density at radius 1 is 1.33 bits per heavy atom. The van der Waals surface area contributed by atoms with Crippen molar-refractivity contribution in [3.05, 3.63) is 41.3 Å². The molecule has 1 aliphatic carbocycles. The first kappa shape index (κ1) is 11.7. The van der Waals surface area contributed by atoms with Crippen molar-refractivity contribution >= 4 is 12.2 Å². The van der Waals surface area contributed by atoms with Crippen LogP contribution in [0.25, 0.3) is 11.3 Å². The second-order valence-electron chi connectivity index (χ2n) is 5.07. The van der Waals surface area contributed by atoms with Gasteiger partial charge in [0.25, 0.3) is 0 Å². The zero-order chi connectivity index (χ0) is 12.5. The SMILES string of the molecule is CCCC1CC1n1c(-c2ccccc2)c[nH]c1=S. The molecule has 2 aromatic rings. The van der Waals surface area contributed by atoms with Crippen LogP contribution in [0.1, 0.15) is 32.2 Å². The number of H-pyrrole nitrogens is 1. The largest absolute Gasteiger partial charge is 0.337 e. The first-order valence-corrected chi connectivity index (χ1v) is 7.07. The van der Waals surface area contributed by atoms with Crippen LogP contribution in [0.5, 0.6) is 0 Å². The van der Waals surface area contributed by atoms with E-state index < -0.39 is 0 Å². The Labute approximate surface area is 113 Å². The molecule has 0 aliphatic heterocycles. The monoisotopic (exact) mass is 258 g/mol. The van der Waals surface area contributed by atoms with Gasteiger partial charge in [0, 0.05) is 12.2 Å². The number of hydrogen-bond donors (Lipinski definition) is 1. The lowest BCUT2D eigenvalue weighted by atomic mass is 10.1. The molecule has 3 rings (SSSR count). The third-order valence-electron chi connectivity index (χ3n) is 3.76. The number of rotatable bonds is 4. The average Bonchev–Trinajstić information content (AvgIpc) is 3.04. The molecule has 1 aliphatic rings. The van der Waals surface area contributed by atoms with Gasteiger partial charge in [0.2, 0.25) is 0 Å². The molecule has 2 nitrogen and oxygen atoms in total. The maximum absolute atomic E-state index is 5.43. The van der Waals surface area contributed by atoms with Gasteiger partial charge in [-0.2, -0.15) is 0 Å². The minimum atomic E-state index is 0.610. The van der Waals surface area contributed by atoms with Gasteiger partial charge in [-0.25, -0.2) is 0 Å². The Morgan fingerprint density at radius 3 is 2.83 bits per heavy atom. The van der Waals surface area contributed by atoms with Crippen LogP contribution in [0.2, 0.25) is 0 Å². The molecule has 0 saturated heterocycles. The zero-order valence-electron chi connectivity index (χ0n) is 10.6.